The van der Waals surface area contributed by atoms with E-state index in [1.165, 1.54) is 24.3 Å². The Morgan fingerprint density at radius 3 is 2.13 bits per heavy atom. The van der Waals surface area contributed by atoms with Gasteiger partial charge >= 0.3 is 12.1 Å². The molecule has 0 saturated carbocycles. The number of aromatic carboxylic acids is 1. The maximum atomic E-state index is 13.6. The predicted octanol–water partition coefficient (Wildman–Crippen LogP) is 4.58. The fraction of sp³-hybridized carbons (Fsp3) is 0.227. The number of benzene rings is 2. The monoisotopic (exact) mass is 431 g/mol. The molecule has 0 unspecified atom stereocenters. The summed E-state index contributed by atoms with van der Waals surface area (Å²) in [7, 11) is 0. The summed E-state index contributed by atoms with van der Waals surface area (Å²) in [6, 6.07) is 11.7. The molecule has 1 aliphatic rings. The lowest BCUT2D eigenvalue weighted by atomic mass is 10.1. The smallest absolute Gasteiger partial charge is 0.435 e. The molecule has 1 aliphatic heterocycles. The van der Waals surface area contributed by atoms with E-state index in [9.17, 15) is 22.8 Å². The van der Waals surface area contributed by atoms with Gasteiger partial charge in [0.05, 0.1) is 16.8 Å². The second-order valence-electron chi connectivity index (χ2n) is 6.74. The first kappa shape index (κ1) is 22.1. The van der Waals surface area contributed by atoms with E-state index in [-0.39, 0.29) is 11.3 Å². The Morgan fingerprint density at radius 1 is 1.06 bits per heavy atom. The number of carboxylic acids is 1. The molecule has 1 heterocycles. The number of carbonyl (C=O) groups is 2. The number of carbonyl (C=O) groups excluding carboxylic acids is 1. The number of anilines is 2. The molecule has 0 aliphatic carbocycles. The molecule has 0 fully saturated rings. The highest BCUT2D eigenvalue weighted by Crippen LogP contribution is 2.33. The van der Waals surface area contributed by atoms with Crippen molar-refractivity contribution in [1.29, 1.82) is 0 Å². The van der Waals surface area contributed by atoms with E-state index in [1.54, 1.807) is 24.3 Å². The van der Waals surface area contributed by atoms with Gasteiger partial charge in [0.2, 0.25) is 0 Å². The van der Waals surface area contributed by atoms with Gasteiger partial charge in [0, 0.05) is 18.8 Å². The van der Waals surface area contributed by atoms with E-state index in [4.69, 9.17) is 5.11 Å². The number of nitrogens with zero attached hydrogens (tertiary/aromatic N) is 3. The minimum absolute atomic E-state index is 0.0389. The summed E-state index contributed by atoms with van der Waals surface area (Å²) in [4.78, 5) is 25.8. The highest BCUT2D eigenvalue weighted by Gasteiger charge is 2.46. The van der Waals surface area contributed by atoms with Crippen LogP contribution >= 0.6 is 0 Å². The highest BCUT2D eigenvalue weighted by molar-refractivity contribution is 6.34. The van der Waals surface area contributed by atoms with Crippen molar-refractivity contribution in [3.05, 3.63) is 65.2 Å². The lowest BCUT2D eigenvalue weighted by Crippen LogP contribution is -2.25. The maximum absolute atomic E-state index is 13.6. The summed E-state index contributed by atoms with van der Waals surface area (Å²) < 4.78 is 40.7. The molecule has 1 amide bonds. The predicted molar refractivity (Wildman–Crippen MR) is 112 cm³/mol. The molecule has 2 aromatic rings. The lowest BCUT2D eigenvalue weighted by molar-refractivity contribution is -0.114. The summed E-state index contributed by atoms with van der Waals surface area (Å²) >= 11 is 0. The Bertz CT molecular complexity index is 1040. The minimum atomic E-state index is -4.83. The van der Waals surface area contributed by atoms with Crippen LogP contribution in [0.15, 0.2) is 59.2 Å². The largest absolute Gasteiger partial charge is 0.478 e. The van der Waals surface area contributed by atoms with Crippen LogP contribution in [0.4, 0.5) is 24.5 Å². The first-order chi connectivity index (χ1) is 14.7. The molecule has 1 N–H and O–H groups in total. The van der Waals surface area contributed by atoms with Crippen LogP contribution in [0, 0.1) is 0 Å². The molecular weight excluding hydrogens is 411 g/mol. The number of amides is 1. The van der Waals surface area contributed by atoms with Crippen LogP contribution < -0.4 is 9.91 Å². The van der Waals surface area contributed by atoms with Crippen LogP contribution in [0.1, 0.15) is 29.8 Å². The van der Waals surface area contributed by atoms with E-state index in [2.05, 4.69) is 10.0 Å². The Kier molecular flexibility index (Phi) is 6.14. The van der Waals surface area contributed by atoms with Crippen molar-refractivity contribution in [1.82, 2.24) is 0 Å². The number of alkyl halides is 3. The quantitative estimate of drug-likeness (QED) is 0.680. The van der Waals surface area contributed by atoms with E-state index in [0.29, 0.717) is 10.6 Å². The fourth-order valence-corrected chi connectivity index (χ4v) is 3.21. The van der Waals surface area contributed by atoms with E-state index in [0.717, 1.165) is 24.9 Å². The van der Waals surface area contributed by atoms with Crippen molar-refractivity contribution in [3.8, 4) is 0 Å². The van der Waals surface area contributed by atoms with Gasteiger partial charge in [-0.1, -0.05) is 12.1 Å². The molecule has 2 aromatic carbocycles. The first-order valence-electron chi connectivity index (χ1n) is 9.56. The van der Waals surface area contributed by atoms with Crippen molar-refractivity contribution in [3.63, 3.8) is 0 Å². The molecular formula is C22H20F3N3O3. The van der Waals surface area contributed by atoms with Gasteiger partial charge in [0.1, 0.15) is 0 Å². The molecule has 0 saturated heterocycles. The number of rotatable bonds is 6. The number of hydrazone groups is 1. The summed E-state index contributed by atoms with van der Waals surface area (Å²) in [6.45, 7) is 5.58. The van der Waals surface area contributed by atoms with Gasteiger partial charge in [-0.05, 0) is 61.9 Å². The van der Waals surface area contributed by atoms with Crippen LogP contribution in [0.3, 0.4) is 0 Å². The van der Waals surface area contributed by atoms with Crippen LogP contribution in [0.25, 0.3) is 6.08 Å². The molecule has 0 atom stereocenters. The zero-order valence-electron chi connectivity index (χ0n) is 16.8. The SMILES string of the molecule is CCN(CC)c1ccc(C=C2C(=O)N(c3ccc(C(=O)O)cc3)N=C2C(F)(F)F)cc1. The highest BCUT2D eigenvalue weighted by atomic mass is 19.4. The molecule has 31 heavy (non-hydrogen) atoms. The number of halogens is 3. The average molecular weight is 431 g/mol. The van der Waals surface area contributed by atoms with Gasteiger partial charge in [-0.2, -0.15) is 23.3 Å². The Hall–Kier alpha value is -3.62. The van der Waals surface area contributed by atoms with Gasteiger partial charge < -0.3 is 10.0 Å². The molecule has 3 rings (SSSR count). The first-order valence-corrected chi connectivity index (χ1v) is 9.56. The zero-order chi connectivity index (χ0) is 22.8. The molecule has 6 nitrogen and oxygen atoms in total. The molecule has 0 bridgehead atoms. The lowest BCUT2D eigenvalue weighted by Gasteiger charge is -2.20. The Labute approximate surface area is 176 Å². The zero-order valence-corrected chi connectivity index (χ0v) is 16.8. The minimum Gasteiger partial charge on any atom is -0.478 e. The van der Waals surface area contributed by atoms with Gasteiger partial charge in [0.25, 0.3) is 5.91 Å². The summed E-state index contributed by atoms with van der Waals surface area (Å²) in [5.41, 5.74) is -0.538. The Morgan fingerprint density at radius 2 is 1.65 bits per heavy atom. The topological polar surface area (TPSA) is 73.2 Å². The van der Waals surface area contributed by atoms with Gasteiger partial charge in [0.15, 0.2) is 5.71 Å². The third kappa shape index (κ3) is 4.60. The third-order valence-electron chi connectivity index (χ3n) is 4.84. The van der Waals surface area contributed by atoms with Crippen molar-refractivity contribution >= 4 is 35.0 Å². The van der Waals surface area contributed by atoms with E-state index in [1.807, 2.05) is 13.8 Å². The average Bonchev–Trinajstić information content (AvgIpc) is 3.07. The maximum Gasteiger partial charge on any atom is 0.435 e. The van der Waals surface area contributed by atoms with Crippen LogP contribution in [0.2, 0.25) is 0 Å². The normalized spacial score (nSPS) is 15.4. The van der Waals surface area contributed by atoms with Gasteiger partial charge in [-0.25, -0.2) is 4.79 Å². The molecule has 162 valence electrons. The van der Waals surface area contributed by atoms with Crippen molar-refractivity contribution in [2.45, 2.75) is 20.0 Å². The Balaban J connectivity index is 1.97. The van der Waals surface area contributed by atoms with E-state index < -0.39 is 29.3 Å². The number of carboxylic acid groups (broad SMARTS) is 1. The number of hydrogen-bond donors (Lipinski definition) is 1. The molecule has 0 aromatic heterocycles. The standard InChI is InChI=1S/C22H20F3N3O3/c1-3-27(4-2)16-9-5-14(6-10-16)13-18-19(22(23,24)25)26-28(20(18)29)17-11-7-15(8-12-17)21(30)31/h5-13H,3-4H2,1-2H3,(H,30,31). The van der Waals surface area contributed by atoms with Gasteiger partial charge in [-0.3, -0.25) is 4.79 Å². The van der Waals surface area contributed by atoms with Gasteiger partial charge in [-0.15, -0.1) is 0 Å². The molecule has 0 spiro atoms. The summed E-state index contributed by atoms with van der Waals surface area (Å²) in [6.07, 6.45) is -3.68. The molecule has 0 radical (unpaired) electrons. The fourth-order valence-electron chi connectivity index (χ4n) is 3.21. The van der Waals surface area contributed by atoms with E-state index >= 15 is 0 Å². The van der Waals surface area contributed by atoms with Crippen molar-refractivity contribution in [2.75, 3.05) is 23.0 Å². The number of hydrogen-bond acceptors (Lipinski definition) is 4. The van der Waals surface area contributed by atoms with Crippen LogP contribution in [-0.2, 0) is 4.79 Å². The van der Waals surface area contributed by atoms with Crippen molar-refractivity contribution in [2.24, 2.45) is 5.10 Å². The van der Waals surface area contributed by atoms with Crippen molar-refractivity contribution < 1.29 is 27.9 Å². The second-order valence-corrected chi connectivity index (χ2v) is 6.74. The third-order valence-corrected chi connectivity index (χ3v) is 4.84. The summed E-state index contributed by atoms with van der Waals surface area (Å²) in [5, 5.41) is 13.1. The van der Waals surface area contributed by atoms with Crippen LogP contribution in [0.5, 0.6) is 0 Å². The second kappa shape index (κ2) is 8.63. The summed E-state index contributed by atoms with van der Waals surface area (Å²) in [5.74, 6) is -2.13. The molecule has 9 heteroatoms. The van der Waals surface area contributed by atoms with Crippen LogP contribution in [-0.4, -0.2) is 42.0 Å².